The molecule has 1 aliphatic carbocycles. The van der Waals surface area contributed by atoms with Crippen LogP contribution in [0.4, 0.5) is 17.2 Å². The average molecular weight is 576 g/mol. The van der Waals surface area contributed by atoms with Crippen LogP contribution in [0.1, 0.15) is 22.3 Å². The smallest absolute Gasteiger partial charge is 0.138 e. The fraction of sp³-hybridized carbons (Fsp3) is 0.0250. The van der Waals surface area contributed by atoms with Crippen molar-refractivity contribution >= 4 is 39.3 Å². The van der Waals surface area contributed by atoms with Crippen molar-refractivity contribution < 1.29 is 0 Å². The first kappa shape index (κ1) is 24.4. The van der Waals surface area contributed by atoms with E-state index in [9.17, 15) is 0 Å². The first-order valence-corrected chi connectivity index (χ1v) is 15.2. The summed E-state index contributed by atoms with van der Waals surface area (Å²) in [5.74, 6) is 0.854. The molecule has 0 bridgehead atoms. The normalized spacial score (nSPS) is 13.9. The van der Waals surface area contributed by atoms with Crippen molar-refractivity contribution in [3.63, 3.8) is 0 Å². The first-order chi connectivity index (χ1) is 22.4. The van der Waals surface area contributed by atoms with Crippen molar-refractivity contribution in [3.05, 3.63) is 174 Å². The highest BCUT2D eigenvalue weighted by atomic mass is 15.2. The number of hydrogen-bond acceptors (Lipinski definition) is 4. The number of anilines is 3. The number of aromatic nitrogens is 4. The van der Waals surface area contributed by atoms with Crippen LogP contribution >= 0.6 is 0 Å². The predicted octanol–water partition coefficient (Wildman–Crippen LogP) is 9.11. The summed E-state index contributed by atoms with van der Waals surface area (Å²) in [5.41, 5.74) is 14.2. The molecule has 0 saturated carbocycles. The van der Waals surface area contributed by atoms with E-state index >= 15 is 0 Å². The van der Waals surface area contributed by atoms with Crippen LogP contribution in [0.25, 0.3) is 38.9 Å². The molecule has 210 valence electrons. The van der Waals surface area contributed by atoms with E-state index < -0.39 is 5.41 Å². The van der Waals surface area contributed by atoms with Gasteiger partial charge in [-0.05, 0) is 81.9 Å². The fourth-order valence-electron chi connectivity index (χ4n) is 7.88. The third-order valence-corrected chi connectivity index (χ3v) is 9.54. The molecule has 0 amide bonds. The molecule has 5 heteroatoms. The zero-order valence-corrected chi connectivity index (χ0v) is 24.2. The lowest BCUT2D eigenvalue weighted by Gasteiger charge is -2.44. The number of hydrogen-bond donors (Lipinski definition) is 0. The van der Waals surface area contributed by atoms with E-state index in [4.69, 9.17) is 9.97 Å². The van der Waals surface area contributed by atoms with Crippen LogP contribution in [0.5, 0.6) is 0 Å². The van der Waals surface area contributed by atoms with Crippen LogP contribution < -0.4 is 4.90 Å². The van der Waals surface area contributed by atoms with Gasteiger partial charge in [0, 0.05) is 12.4 Å². The molecule has 0 radical (unpaired) electrons. The Kier molecular flexibility index (Phi) is 4.86. The van der Waals surface area contributed by atoms with E-state index in [1.54, 1.807) is 6.20 Å². The van der Waals surface area contributed by atoms with Crippen LogP contribution in [0.15, 0.2) is 152 Å². The highest BCUT2D eigenvalue weighted by molar-refractivity contribution is 6.06. The summed E-state index contributed by atoms with van der Waals surface area (Å²) in [6.45, 7) is 0. The number of fused-ring (bicyclic) bond motifs is 12. The van der Waals surface area contributed by atoms with E-state index in [0.29, 0.717) is 0 Å². The van der Waals surface area contributed by atoms with Gasteiger partial charge in [-0.2, -0.15) is 0 Å². The maximum atomic E-state index is 5.40. The Balaban J connectivity index is 1.27. The topological polar surface area (TPSA) is 46.8 Å². The third kappa shape index (κ3) is 3.09. The third-order valence-electron chi connectivity index (χ3n) is 9.54. The van der Waals surface area contributed by atoms with Crippen LogP contribution in [-0.2, 0) is 5.41 Å². The van der Waals surface area contributed by atoms with Gasteiger partial charge in [-0.25, -0.2) is 4.98 Å². The van der Waals surface area contributed by atoms with Crippen molar-refractivity contribution in [2.45, 2.75) is 5.41 Å². The van der Waals surface area contributed by atoms with E-state index in [1.807, 2.05) is 24.5 Å². The van der Waals surface area contributed by atoms with Crippen LogP contribution in [0.2, 0.25) is 0 Å². The van der Waals surface area contributed by atoms with Gasteiger partial charge >= 0.3 is 0 Å². The molecule has 0 fully saturated rings. The molecule has 45 heavy (non-hydrogen) atoms. The summed E-state index contributed by atoms with van der Waals surface area (Å²) in [5, 5.41) is 0. The summed E-state index contributed by atoms with van der Waals surface area (Å²) in [4.78, 5) is 16.9. The van der Waals surface area contributed by atoms with Crippen molar-refractivity contribution in [3.8, 4) is 16.8 Å². The van der Waals surface area contributed by atoms with Crippen molar-refractivity contribution in [1.82, 2.24) is 19.5 Å². The van der Waals surface area contributed by atoms with Gasteiger partial charge in [0.25, 0.3) is 0 Å². The Bertz CT molecular complexity index is 2370. The van der Waals surface area contributed by atoms with Gasteiger partial charge in [-0.15, -0.1) is 0 Å². The number of nitrogens with zero attached hydrogens (tertiary/aromatic N) is 5. The Hall–Kier alpha value is -6.07. The Morgan fingerprint density at radius 1 is 0.489 bits per heavy atom. The second-order valence-corrected chi connectivity index (χ2v) is 11.7. The summed E-state index contributed by atoms with van der Waals surface area (Å²) >= 11 is 0. The largest absolute Gasteiger partial charge is 0.304 e. The van der Waals surface area contributed by atoms with E-state index in [1.165, 1.54) is 33.4 Å². The van der Waals surface area contributed by atoms with Crippen molar-refractivity contribution in [2.75, 3.05) is 4.90 Å². The molecule has 1 aliphatic heterocycles. The molecule has 10 rings (SSSR count). The first-order valence-electron chi connectivity index (χ1n) is 15.2. The molecule has 0 N–H and O–H groups in total. The lowest BCUT2D eigenvalue weighted by Crippen LogP contribution is -2.36. The number of para-hydroxylation sites is 2. The zero-order valence-electron chi connectivity index (χ0n) is 24.2. The molecule has 2 aliphatic rings. The summed E-state index contributed by atoms with van der Waals surface area (Å²) in [6.07, 6.45) is 5.52. The minimum Gasteiger partial charge on any atom is -0.304 e. The minimum atomic E-state index is -0.446. The number of benzene rings is 4. The van der Waals surface area contributed by atoms with Gasteiger partial charge in [0.15, 0.2) is 0 Å². The summed E-state index contributed by atoms with van der Waals surface area (Å²) < 4.78 is 2.20. The standard InChI is InChI=1S/C40H25N5/c1-3-14-29-27(12-1)28-13-2-4-15-30(28)40(29)31-16-5-7-18-33(31)45(34-19-8-6-17-32(34)40)37-22-21-36-39(43-37)38-35(20-10-24-42-38)44(36)26-11-9-23-41-25-26/h1-25H. The molecular weight excluding hydrogens is 550 g/mol. The van der Waals surface area contributed by atoms with Crippen LogP contribution in [0.3, 0.4) is 0 Å². The highest BCUT2D eigenvalue weighted by Crippen LogP contribution is 2.63. The molecule has 4 aromatic heterocycles. The van der Waals surface area contributed by atoms with E-state index in [2.05, 4.69) is 136 Å². The maximum Gasteiger partial charge on any atom is 0.138 e. The molecule has 5 heterocycles. The van der Waals surface area contributed by atoms with E-state index in [0.717, 1.165) is 44.9 Å². The van der Waals surface area contributed by atoms with E-state index in [-0.39, 0.29) is 0 Å². The van der Waals surface area contributed by atoms with Gasteiger partial charge < -0.3 is 4.57 Å². The number of pyridine rings is 3. The SMILES string of the molecule is c1cncc(-n2c3cccnc3c3nc(N4c5ccccc5C5(c6ccccc6-c6ccccc65)c5ccccc54)ccc32)c1. The fourth-order valence-corrected chi connectivity index (χ4v) is 7.88. The second-order valence-electron chi connectivity index (χ2n) is 11.7. The lowest BCUT2D eigenvalue weighted by atomic mass is 9.65. The van der Waals surface area contributed by atoms with Crippen LogP contribution in [0, 0.1) is 0 Å². The minimum absolute atomic E-state index is 0.446. The zero-order chi connectivity index (χ0) is 29.5. The Morgan fingerprint density at radius 3 is 1.76 bits per heavy atom. The molecule has 8 aromatic rings. The monoisotopic (exact) mass is 575 g/mol. The average Bonchev–Trinajstić information content (AvgIpc) is 3.60. The van der Waals surface area contributed by atoms with Crippen molar-refractivity contribution in [2.24, 2.45) is 0 Å². The quantitative estimate of drug-likeness (QED) is 0.206. The van der Waals surface area contributed by atoms with Gasteiger partial charge in [0.1, 0.15) is 16.9 Å². The molecule has 0 saturated heterocycles. The Morgan fingerprint density at radius 2 is 1.09 bits per heavy atom. The van der Waals surface area contributed by atoms with Gasteiger partial charge in [-0.1, -0.05) is 84.9 Å². The second kappa shape index (κ2) is 8.97. The van der Waals surface area contributed by atoms with Gasteiger partial charge in [0.2, 0.25) is 0 Å². The van der Waals surface area contributed by atoms with Crippen molar-refractivity contribution in [1.29, 1.82) is 0 Å². The van der Waals surface area contributed by atoms with Gasteiger partial charge in [0.05, 0.1) is 39.7 Å². The molecule has 0 atom stereocenters. The van der Waals surface area contributed by atoms with Crippen LogP contribution in [-0.4, -0.2) is 19.5 Å². The number of rotatable bonds is 2. The lowest BCUT2D eigenvalue weighted by molar-refractivity contribution is 0.751. The molecule has 1 spiro atoms. The molecule has 4 aromatic carbocycles. The highest BCUT2D eigenvalue weighted by Gasteiger charge is 2.51. The Labute approximate surface area is 259 Å². The predicted molar refractivity (Wildman–Crippen MR) is 180 cm³/mol. The maximum absolute atomic E-state index is 5.40. The molecule has 5 nitrogen and oxygen atoms in total. The summed E-state index contributed by atoms with van der Waals surface area (Å²) in [6, 6.07) is 47.9. The van der Waals surface area contributed by atoms with Gasteiger partial charge in [-0.3, -0.25) is 14.9 Å². The molecule has 0 unspecified atom stereocenters. The molecular formula is C40H25N5. The summed E-state index contributed by atoms with van der Waals surface area (Å²) in [7, 11) is 0.